The van der Waals surface area contributed by atoms with Gasteiger partial charge in [-0.25, -0.2) is 5.48 Å². The van der Waals surface area contributed by atoms with E-state index in [0.29, 0.717) is 5.56 Å². The van der Waals surface area contributed by atoms with Gasteiger partial charge in [-0.1, -0.05) is 53.8 Å². The first kappa shape index (κ1) is 25.7. The third-order valence-electron chi connectivity index (χ3n) is 5.35. The normalized spacial score (nSPS) is 12.1. The number of aliphatic hydroxyl groups excluding tert-OH is 1. The van der Waals surface area contributed by atoms with Gasteiger partial charge in [-0.05, 0) is 61.4 Å². The first-order valence-electron chi connectivity index (χ1n) is 11.3. The Morgan fingerprint density at radius 1 is 0.886 bits per heavy atom. The molecule has 7 nitrogen and oxygen atoms in total. The van der Waals surface area contributed by atoms with Gasteiger partial charge in [0.2, 0.25) is 0 Å². The number of carbonyl (C=O) groups excluding carboxylic acids is 2. The van der Waals surface area contributed by atoms with E-state index in [0.717, 1.165) is 24.2 Å². The number of aliphatic hydroxyl groups is 1. The molecule has 2 atom stereocenters. The van der Waals surface area contributed by atoms with Gasteiger partial charge >= 0.3 is 0 Å². The molecule has 3 aromatic carbocycles. The molecule has 0 fully saturated rings. The number of nitrogens with one attached hydrogen (secondary N) is 3. The zero-order valence-corrected chi connectivity index (χ0v) is 19.7. The van der Waals surface area contributed by atoms with Crippen LogP contribution in [-0.2, 0) is 17.9 Å². The minimum Gasteiger partial charge on any atom is -0.391 e. The van der Waals surface area contributed by atoms with Crippen molar-refractivity contribution in [2.75, 3.05) is 0 Å². The first-order valence-corrected chi connectivity index (χ1v) is 11.3. The highest BCUT2D eigenvalue weighted by atomic mass is 16.5. The number of benzene rings is 3. The number of hydroxylamine groups is 1. The largest absolute Gasteiger partial charge is 0.391 e. The Hall–Kier alpha value is -3.96. The van der Waals surface area contributed by atoms with E-state index in [9.17, 15) is 14.7 Å². The van der Waals surface area contributed by atoms with Crippen molar-refractivity contribution in [2.45, 2.75) is 39.1 Å². The predicted molar refractivity (Wildman–Crippen MR) is 133 cm³/mol. The predicted octanol–water partition coefficient (Wildman–Crippen LogP) is 2.67. The summed E-state index contributed by atoms with van der Waals surface area (Å²) in [5.41, 5.74) is 7.02. The highest BCUT2D eigenvalue weighted by molar-refractivity contribution is 5.97. The van der Waals surface area contributed by atoms with Gasteiger partial charge in [-0.3, -0.25) is 14.8 Å². The van der Waals surface area contributed by atoms with Gasteiger partial charge in [0.25, 0.3) is 11.8 Å². The molecule has 0 spiro atoms. The van der Waals surface area contributed by atoms with Crippen LogP contribution < -0.4 is 16.1 Å². The van der Waals surface area contributed by atoms with Crippen molar-refractivity contribution in [1.29, 1.82) is 0 Å². The fourth-order valence-electron chi connectivity index (χ4n) is 3.43. The van der Waals surface area contributed by atoms with Crippen LogP contribution in [0.4, 0.5) is 0 Å². The Kier molecular flexibility index (Phi) is 9.16. The van der Waals surface area contributed by atoms with E-state index in [1.807, 2.05) is 24.3 Å². The number of amides is 2. The zero-order chi connectivity index (χ0) is 25.2. The van der Waals surface area contributed by atoms with Gasteiger partial charge in [0.1, 0.15) is 6.04 Å². The number of hydrogen-bond acceptors (Lipinski definition) is 5. The molecule has 180 valence electrons. The van der Waals surface area contributed by atoms with E-state index < -0.39 is 24.0 Å². The Labute approximate surface area is 205 Å². The lowest BCUT2D eigenvalue weighted by atomic mass is 10.1. The number of aryl methyl sites for hydroxylation is 1. The monoisotopic (exact) mass is 471 g/mol. The molecule has 0 aromatic heterocycles. The molecular weight excluding hydrogens is 442 g/mol. The average Bonchev–Trinajstić information content (AvgIpc) is 2.86. The van der Waals surface area contributed by atoms with Crippen LogP contribution in [0.5, 0.6) is 0 Å². The summed E-state index contributed by atoms with van der Waals surface area (Å²) in [4.78, 5) is 23.9. The third-order valence-corrected chi connectivity index (χ3v) is 5.35. The van der Waals surface area contributed by atoms with Crippen molar-refractivity contribution >= 4 is 11.8 Å². The van der Waals surface area contributed by atoms with Gasteiger partial charge in [0, 0.05) is 29.8 Å². The van der Waals surface area contributed by atoms with E-state index in [-0.39, 0.29) is 0 Å². The summed E-state index contributed by atoms with van der Waals surface area (Å²) < 4.78 is 0. The van der Waals surface area contributed by atoms with E-state index in [2.05, 4.69) is 53.7 Å². The smallest absolute Gasteiger partial charge is 0.268 e. The van der Waals surface area contributed by atoms with Crippen LogP contribution in [0.15, 0.2) is 72.8 Å². The van der Waals surface area contributed by atoms with E-state index in [1.54, 1.807) is 24.3 Å². The second-order valence-corrected chi connectivity index (χ2v) is 8.28. The second kappa shape index (κ2) is 12.5. The molecule has 0 bridgehead atoms. The topological polar surface area (TPSA) is 111 Å². The Morgan fingerprint density at radius 2 is 1.49 bits per heavy atom. The molecule has 0 heterocycles. The van der Waals surface area contributed by atoms with Crippen LogP contribution in [0.25, 0.3) is 0 Å². The maximum Gasteiger partial charge on any atom is 0.268 e. The molecule has 2 unspecified atom stereocenters. The molecule has 0 aliphatic rings. The number of rotatable bonds is 8. The Balaban J connectivity index is 1.54. The maximum absolute atomic E-state index is 12.3. The van der Waals surface area contributed by atoms with Crippen molar-refractivity contribution in [2.24, 2.45) is 0 Å². The fourth-order valence-corrected chi connectivity index (χ4v) is 3.43. The zero-order valence-electron chi connectivity index (χ0n) is 19.7. The van der Waals surface area contributed by atoms with E-state index in [4.69, 9.17) is 5.21 Å². The van der Waals surface area contributed by atoms with Crippen molar-refractivity contribution in [3.63, 3.8) is 0 Å². The molecule has 2 amide bonds. The first-order chi connectivity index (χ1) is 16.9. The van der Waals surface area contributed by atoms with Crippen LogP contribution in [0.3, 0.4) is 0 Å². The summed E-state index contributed by atoms with van der Waals surface area (Å²) in [6, 6.07) is 21.8. The second-order valence-electron chi connectivity index (χ2n) is 8.28. The van der Waals surface area contributed by atoms with Crippen molar-refractivity contribution in [1.82, 2.24) is 16.1 Å². The van der Waals surface area contributed by atoms with Crippen LogP contribution in [0.1, 0.15) is 45.1 Å². The fraction of sp³-hybridized carbons (Fsp3) is 0.214. The minimum absolute atomic E-state index is 0.300. The number of hydrogen-bond donors (Lipinski definition) is 5. The summed E-state index contributed by atoms with van der Waals surface area (Å²) in [5, 5.41) is 24.2. The average molecular weight is 472 g/mol. The van der Waals surface area contributed by atoms with Gasteiger partial charge in [-0.15, -0.1) is 0 Å². The summed E-state index contributed by atoms with van der Waals surface area (Å²) in [6.07, 6.45) is -1.17. The van der Waals surface area contributed by atoms with Crippen molar-refractivity contribution < 1.29 is 19.9 Å². The SMILES string of the molecule is Cc1cccc(CNCc2ccc(C#Cc3ccc(C(=O)NC(C(=O)NO)C(C)O)cc3)cc2)c1. The summed E-state index contributed by atoms with van der Waals surface area (Å²) in [6.45, 7) is 5.00. The molecule has 0 saturated carbocycles. The minimum atomic E-state index is -1.27. The van der Waals surface area contributed by atoms with Crippen LogP contribution in [-0.4, -0.2) is 34.3 Å². The Bertz CT molecular complexity index is 1210. The van der Waals surface area contributed by atoms with Gasteiger partial charge in [-0.2, -0.15) is 0 Å². The Morgan fingerprint density at radius 3 is 2.06 bits per heavy atom. The van der Waals surface area contributed by atoms with E-state index >= 15 is 0 Å². The molecular formula is C28H29N3O4. The summed E-state index contributed by atoms with van der Waals surface area (Å²) >= 11 is 0. The standard InChI is InChI=1S/C28H29N3O4/c1-19-4-3-5-24(16-19)18-29-17-23-10-8-21(9-11-23)6-7-22-12-14-25(15-13-22)27(33)30-26(20(2)32)28(34)31-35/h3-5,8-16,20,26,29,32,35H,17-18H2,1-2H3,(H,30,33)(H,31,34). The maximum atomic E-state index is 12.3. The molecule has 0 radical (unpaired) electrons. The lowest BCUT2D eigenvalue weighted by Gasteiger charge is -2.19. The highest BCUT2D eigenvalue weighted by Crippen LogP contribution is 2.08. The van der Waals surface area contributed by atoms with Crippen LogP contribution >= 0.6 is 0 Å². The van der Waals surface area contributed by atoms with Gasteiger partial charge in [0.05, 0.1) is 6.10 Å². The third kappa shape index (κ3) is 7.80. The molecule has 3 aromatic rings. The van der Waals surface area contributed by atoms with Crippen molar-refractivity contribution in [3.8, 4) is 11.8 Å². The summed E-state index contributed by atoms with van der Waals surface area (Å²) in [7, 11) is 0. The quantitative estimate of drug-likeness (QED) is 0.197. The van der Waals surface area contributed by atoms with Crippen LogP contribution in [0, 0.1) is 18.8 Å². The molecule has 5 N–H and O–H groups in total. The van der Waals surface area contributed by atoms with Gasteiger partial charge in [0.15, 0.2) is 0 Å². The number of carbonyl (C=O) groups is 2. The van der Waals surface area contributed by atoms with Crippen molar-refractivity contribution in [3.05, 3.63) is 106 Å². The lowest BCUT2D eigenvalue weighted by molar-refractivity contribution is -0.133. The highest BCUT2D eigenvalue weighted by Gasteiger charge is 2.25. The molecule has 0 saturated heterocycles. The lowest BCUT2D eigenvalue weighted by Crippen LogP contribution is -2.51. The summed E-state index contributed by atoms with van der Waals surface area (Å²) in [5.74, 6) is 4.73. The molecule has 0 aliphatic carbocycles. The van der Waals surface area contributed by atoms with E-state index in [1.165, 1.54) is 29.1 Å². The molecule has 0 aliphatic heterocycles. The van der Waals surface area contributed by atoms with Crippen LogP contribution in [0.2, 0.25) is 0 Å². The molecule has 35 heavy (non-hydrogen) atoms. The molecule has 7 heteroatoms. The molecule has 3 rings (SSSR count). The van der Waals surface area contributed by atoms with Gasteiger partial charge < -0.3 is 15.7 Å².